The second-order valence-corrected chi connectivity index (χ2v) is 10.6. The summed E-state index contributed by atoms with van der Waals surface area (Å²) in [5, 5.41) is 0. The van der Waals surface area contributed by atoms with Gasteiger partial charge in [-0.15, -0.1) is 0 Å². The van der Waals surface area contributed by atoms with Crippen molar-refractivity contribution < 1.29 is 0 Å². The van der Waals surface area contributed by atoms with Crippen molar-refractivity contribution in [3.05, 3.63) is 48.3 Å². The lowest BCUT2D eigenvalue weighted by atomic mass is 10.0. The van der Waals surface area contributed by atoms with Gasteiger partial charge in [0.1, 0.15) is 6.17 Å². The number of benzene rings is 1. The van der Waals surface area contributed by atoms with Crippen molar-refractivity contribution in [1.82, 2.24) is 9.80 Å². The molecule has 1 aliphatic heterocycles. The van der Waals surface area contributed by atoms with E-state index >= 15 is 0 Å². The quantitative estimate of drug-likeness (QED) is 0.156. The second-order valence-electron chi connectivity index (χ2n) is 10.6. The van der Waals surface area contributed by atoms with E-state index in [1.807, 2.05) is 0 Å². The van der Waals surface area contributed by atoms with Gasteiger partial charge >= 0.3 is 0 Å². The maximum absolute atomic E-state index is 2.64. The zero-order valence-electron chi connectivity index (χ0n) is 22.9. The summed E-state index contributed by atoms with van der Waals surface area (Å²) in [6.07, 6.45) is 32.0. The highest BCUT2D eigenvalue weighted by Crippen LogP contribution is 2.25. The second kappa shape index (κ2) is 19.8. The van der Waals surface area contributed by atoms with Gasteiger partial charge in [-0.2, -0.15) is 0 Å². The van der Waals surface area contributed by atoms with Crippen molar-refractivity contribution in [3.8, 4) is 0 Å². The standard InChI is InChI=1S/C32H56N2/c1-3-5-7-9-11-12-13-14-15-17-22-26-32-33(27-23-18-16-10-8-6-4-2)28-29-34(32)30-31-24-20-19-21-25-31/h19-21,24-25,28-29,32H,3-18,22-23,26-27,30H2,1-2H3. The molecule has 0 spiro atoms. The molecule has 0 fully saturated rings. The molecule has 1 heterocycles. The van der Waals surface area contributed by atoms with E-state index in [1.165, 1.54) is 134 Å². The van der Waals surface area contributed by atoms with Gasteiger partial charge in [-0.3, -0.25) is 0 Å². The number of hydrogen-bond donors (Lipinski definition) is 0. The van der Waals surface area contributed by atoms with Crippen molar-refractivity contribution in [2.24, 2.45) is 0 Å². The van der Waals surface area contributed by atoms with Crippen LogP contribution in [0.3, 0.4) is 0 Å². The Balaban J connectivity index is 1.66. The average Bonchev–Trinajstić information content (AvgIpc) is 3.23. The van der Waals surface area contributed by atoms with Gasteiger partial charge in [-0.25, -0.2) is 0 Å². The predicted molar refractivity (Wildman–Crippen MR) is 151 cm³/mol. The van der Waals surface area contributed by atoms with Crippen molar-refractivity contribution in [1.29, 1.82) is 0 Å². The molecule has 0 N–H and O–H groups in total. The molecule has 0 aliphatic carbocycles. The lowest BCUT2D eigenvalue weighted by Gasteiger charge is -2.33. The van der Waals surface area contributed by atoms with Gasteiger partial charge in [0.15, 0.2) is 0 Å². The molecule has 1 unspecified atom stereocenters. The van der Waals surface area contributed by atoms with E-state index in [-0.39, 0.29) is 0 Å². The summed E-state index contributed by atoms with van der Waals surface area (Å²) >= 11 is 0. The van der Waals surface area contributed by atoms with Gasteiger partial charge in [-0.05, 0) is 24.8 Å². The minimum Gasteiger partial charge on any atom is -0.356 e. The van der Waals surface area contributed by atoms with E-state index in [0.717, 1.165) is 6.54 Å². The zero-order chi connectivity index (χ0) is 24.1. The first-order valence-electron chi connectivity index (χ1n) is 15.1. The van der Waals surface area contributed by atoms with E-state index in [1.54, 1.807) is 0 Å². The Morgan fingerprint density at radius 1 is 0.529 bits per heavy atom. The van der Waals surface area contributed by atoms with Crippen LogP contribution in [0.25, 0.3) is 0 Å². The van der Waals surface area contributed by atoms with Gasteiger partial charge in [0.25, 0.3) is 0 Å². The molecule has 0 amide bonds. The summed E-state index contributed by atoms with van der Waals surface area (Å²) in [6, 6.07) is 11.0. The van der Waals surface area contributed by atoms with Crippen LogP contribution >= 0.6 is 0 Å². The average molecular weight is 469 g/mol. The van der Waals surface area contributed by atoms with Crippen LogP contribution in [0.5, 0.6) is 0 Å². The summed E-state index contributed by atoms with van der Waals surface area (Å²) < 4.78 is 0. The molecule has 1 aromatic rings. The molecule has 2 nitrogen and oxygen atoms in total. The number of nitrogens with zero attached hydrogens (tertiary/aromatic N) is 2. The molecular weight excluding hydrogens is 412 g/mol. The molecule has 1 atom stereocenters. The molecule has 0 bridgehead atoms. The minimum atomic E-state index is 0.555. The summed E-state index contributed by atoms with van der Waals surface area (Å²) in [4.78, 5) is 5.23. The third-order valence-corrected chi connectivity index (χ3v) is 7.51. The van der Waals surface area contributed by atoms with Crippen LogP contribution in [0.1, 0.15) is 141 Å². The van der Waals surface area contributed by atoms with Gasteiger partial charge in [-0.1, -0.05) is 147 Å². The third kappa shape index (κ3) is 12.9. The largest absolute Gasteiger partial charge is 0.356 e. The van der Waals surface area contributed by atoms with Crippen LogP contribution in [0.15, 0.2) is 42.7 Å². The Labute approximate surface area is 213 Å². The van der Waals surface area contributed by atoms with Crippen LogP contribution in [-0.4, -0.2) is 22.5 Å². The highest BCUT2D eigenvalue weighted by Gasteiger charge is 2.25. The summed E-state index contributed by atoms with van der Waals surface area (Å²) in [5.41, 5.74) is 1.42. The van der Waals surface area contributed by atoms with Crippen molar-refractivity contribution in [2.45, 2.75) is 149 Å². The predicted octanol–water partition coefficient (Wildman–Crippen LogP) is 10.1. The Morgan fingerprint density at radius 2 is 1.00 bits per heavy atom. The molecule has 34 heavy (non-hydrogen) atoms. The molecule has 0 radical (unpaired) electrons. The minimum absolute atomic E-state index is 0.555. The van der Waals surface area contributed by atoms with E-state index in [0.29, 0.717) is 6.17 Å². The smallest absolute Gasteiger partial charge is 0.101 e. The zero-order valence-corrected chi connectivity index (χ0v) is 22.9. The Bertz CT molecular complexity index is 596. The van der Waals surface area contributed by atoms with Gasteiger partial charge in [0.05, 0.1) is 0 Å². The van der Waals surface area contributed by atoms with Crippen LogP contribution in [-0.2, 0) is 6.54 Å². The molecule has 1 aromatic carbocycles. The molecule has 0 aromatic heterocycles. The van der Waals surface area contributed by atoms with E-state index in [4.69, 9.17) is 0 Å². The highest BCUT2D eigenvalue weighted by molar-refractivity contribution is 5.15. The van der Waals surface area contributed by atoms with Gasteiger partial charge in [0, 0.05) is 25.5 Å². The fraction of sp³-hybridized carbons (Fsp3) is 0.750. The van der Waals surface area contributed by atoms with Crippen LogP contribution in [0.2, 0.25) is 0 Å². The van der Waals surface area contributed by atoms with E-state index in [2.05, 4.69) is 66.4 Å². The fourth-order valence-corrected chi connectivity index (χ4v) is 5.31. The van der Waals surface area contributed by atoms with E-state index in [9.17, 15) is 0 Å². The van der Waals surface area contributed by atoms with Crippen molar-refractivity contribution in [3.63, 3.8) is 0 Å². The first-order chi connectivity index (χ1) is 16.8. The number of rotatable bonds is 22. The lowest BCUT2D eigenvalue weighted by molar-refractivity contribution is 0.132. The number of hydrogen-bond acceptors (Lipinski definition) is 2. The topological polar surface area (TPSA) is 6.48 Å². The third-order valence-electron chi connectivity index (χ3n) is 7.51. The molecule has 0 saturated carbocycles. The Hall–Kier alpha value is -1.44. The van der Waals surface area contributed by atoms with Crippen LogP contribution < -0.4 is 0 Å². The van der Waals surface area contributed by atoms with Crippen molar-refractivity contribution in [2.75, 3.05) is 6.54 Å². The van der Waals surface area contributed by atoms with Crippen LogP contribution in [0, 0.1) is 0 Å². The molecule has 0 saturated heterocycles. The molecule has 194 valence electrons. The summed E-state index contributed by atoms with van der Waals surface area (Å²) in [6.45, 7) is 6.86. The maximum Gasteiger partial charge on any atom is 0.101 e. The molecular formula is C32H56N2. The summed E-state index contributed by atoms with van der Waals surface area (Å²) in [5.74, 6) is 0. The maximum atomic E-state index is 2.64. The van der Waals surface area contributed by atoms with Crippen LogP contribution in [0.4, 0.5) is 0 Å². The summed E-state index contributed by atoms with van der Waals surface area (Å²) in [7, 11) is 0. The first-order valence-corrected chi connectivity index (χ1v) is 15.1. The Morgan fingerprint density at radius 3 is 1.56 bits per heavy atom. The highest BCUT2D eigenvalue weighted by atomic mass is 15.4. The molecule has 1 aliphatic rings. The first kappa shape index (κ1) is 28.8. The van der Waals surface area contributed by atoms with E-state index < -0.39 is 0 Å². The molecule has 2 rings (SSSR count). The molecule has 2 heteroatoms. The Kier molecular flexibility index (Phi) is 16.8. The van der Waals surface area contributed by atoms with Gasteiger partial charge in [0.2, 0.25) is 0 Å². The SMILES string of the molecule is CCCCCCCCCCCCCC1N(CCCCCCCCC)C=CN1Cc1ccccc1. The number of unbranched alkanes of at least 4 members (excludes halogenated alkanes) is 16. The fourth-order valence-electron chi connectivity index (χ4n) is 5.31. The lowest BCUT2D eigenvalue weighted by Crippen LogP contribution is -2.38. The normalized spacial score (nSPS) is 15.5. The van der Waals surface area contributed by atoms with Gasteiger partial charge < -0.3 is 9.80 Å². The monoisotopic (exact) mass is 468 g/mol. The van der Waals surface area contributed by atoms with Crippen molar-refractivity contribution >= 4 is 0 Å².